The highest BCUT2D eigenvalue weighted by atomic mass is 16.6. The van der Waals surface area contributed by atoms with E-state index >= 15 is 0 Å². The fourth-order valence-corrected chi connectivity index (χ4v) is 2.45. The molecule has 0 saturated heterocycles. The third-order valence-electron chi connectivity index (χ3n) is 4.00. The van der Waals surface area contributed by atoms with Gasteiger partial charge < -0.3 is 9.84 Å². The highest BCUT2D eigenvalue weighted by molar-refractivity contribution is 6.08. The first-order chi connectivity index (χ1) is 13.1. The highest BCUT2D eigenvalue weighted by Gasteiger charge is 2.30. The van der Waals surface area contributed by atoms with E-state index < -0.39 is 33.1 Å². The van der Waals surface area contributed by atoms with Crippen LogP contribution >= 0.6 is 0 Å². The van der Waals surface area contributed by atoms with Crippen molar-refractivity contribution in [2.45, 2.75) is 27.7 Å². The first kappa shape index (κ1) is 20.6. The average molecular weight is 380 g/mol. The number of nitro groups is 1. The van der Waals surface area contributed by atoms with Gasteiger partial charge in [-0.25, -0.2) is 0 Å². The maximum absolute atomic E-state index is 12.4. The molecule has 0 atom stereocenters. The summed E-state index contributed by atoms with van der Waals surface area (Å²) in [6.07, 6.45) is 0. The molecule has 0 aliphatic rings. The van der Waals surface area contributed by atoms with Gasteiger partial charge in [-0.1, -0.05) is 39.0 Å². The van der Waals surface area contributed by atoms with Gasteiger partial charge in [0, 0.05) is 5.41 Å². The Hall–Kier alpha value is -3.66. The Morgan fingerprint density at radius 3 is 2.39 bits per heavy atom. The quantitative estimate of drug-likeness (QED) is 0.254. The van der Waals surface area contributed by atoms with E-state index in [1.807, 2.05) is 19.1 Å². The monoisotopic (exact) mass is 380 g/mol. The minimum Gasteiger partial charge on any atom is -0.506 e. The van der Waals surface area contributed by atoms with Crippen molar-refractivity contribution in [1.82, 2.24) is 0 Å². The van der Waals surface area contributed by atoms with Crippen molar-refractivity contribution in [2.75, 3.05) is 0 Å². The summed E-state index contributed by atoms with van der Waals surface area (Å²) >= 11 is 0. The molecule has 0 amide bonds. The van der Waals surface area contributed by atoms with Crippen LogP contribution in [0.1, 0.15) is 31.9 Å². The third kappa shape index (κ3) is 4.35. The van der Waals surface area contributed by atoms with Crippen molar-refractivity contribution in [1.29, 1.82) is 5.26 Å². The van der Waals surface area contributed by atoms with Gasteiger partial charge in [0.2, 0.25) is 0 Å². The number of aryl methyl sites for hydroxylation is 1. The largest absolute Gasteiger partial charge is 0.506 e. The normalized spacial score (nSPS) is 12.0. The molecule has 0 unspecified atom stereocenters. The summed E-state index contributed by atoms with van der Waals surface area (Å²) in [4.78, 5) is 23.2. The number of Topliss-reactive ketones (excluding diaryl/α,β-unsaturated/α-hetero) is 1. The van der Waals surface area contributed by atoms with Crippen LogP contribution in [0.3, 0.4) is 0 Å². The SMILES string of the molecule is Cc1ccccc1Oc1ccc(/C(O)=C(\C#N)C(=O)C(C)(C)C)c([N+](=O)[O-])c1. The molecule has 0 aromatic heterocycles. The number of benzene rings is 2. The molecule has 0 heterocycles. The molecule has 7 heteroatoms. The number of para-hydroxylation sites is 1. The topological polar surface area (TPSA) is 113 Å². The summed E-state index contributed by atoms with van der Waals surface area (Å²) in [5.74, 6) is -0.609. The fraction of sp³-hybridized carbons (Fsp3) is 0.238. The maximum atomic E-state index is 12.4. The van der Waals surface area contributed by atoms with Gasteiger partial charge in [-0.05, 0) is 30.7 Å². The van der Waals surface area contributed by atoms with Crippen LogP contribution in [-0.2, 0) is 4.79 Å². The Morgan fingerprint density at radius 2 is 1.86 bits per heavy atom. The van der Waals surface area contributed by atoms with Crippen LogP contribution in [0, 0.1) is 33.8 Å². The van der Waals surface area contributed by atoms with Crippen molar-refractivity contribution in [3.05, 3.63) is 69.3 Å². The Balaban J connectivity index is 2.55. The second-order valence-electron chi connectivity index (χ2n) is 7.22. The van der Waals surface area contributed by atoms with Gasteiger partial charge in [-0.15, -0.1) is 0 Å². The smallest absolute Gasteiger partial charge is 0.284 e. The van der Waals surface area contributed by atoms with E-state index in [2.05, 4.69) is 0 Å². The number of nitrogens with zero attached hydrogens (tertiary/aromatic N) is 2. The molecular weight excluding hydrogens is 360 g/mol. The van der Waals surface area contributed by atoms with Gasteiger partial charge >= 0.3 is 0 Å². The van der Waals surface area contributed by atoms with E-state index in [4.69, 9.17) is 4.74 Å². The molecule has 0 aliphatic heterocycles. The van der Waals surface area contributed by atoms with Gasteiger partial charge in [-0.2, -0.15) is 5.26 Å². The number of carbonyl (C=O) groups is 1. The van der Waals surface area contributed by atoms with E-state index in [0.29, 0.717) is 5.75 Å². The summed E-state index contributed by atoms with van der Waals surface area (Å²) in [6.45, 7) is 6.61. The van der Waals surface area contributed by atoms with Crippen LogP contribution in [0.15, 0.2) is 48.0 Å². The van der Waals surface area contributed by atoms with Gasteiger partial charge in [0.15, 0.2) is 11.5 Å². The molecule has 0 radical (unpaired) electrons. The standard InChI is InChI=1S/C21H20N2O5/c1-13-7-5-6-8-18(13)28-14-9-10-15(17(11-14)23(26)27)19(24)16(12-22)20(25)21(2,3)4/h5-11,24H,1-4H3/b19-16-. The van der Waals surface area contributed by atoms with Crippen molar-refractivity contribution >= 4 is 17.2 Å². The number of carbonyl (C=O) groups excluding carboxylic acids is 1. The minimum absolute atomic E-state index is 0.193. The minimum atomic E-state index is -0.929. The van der Waals surface area contributed by atoms with Gasteiger partial charge in [0.25, 0.3) is 5.69 Å². The van der Waals surface area contributed by atoms with E-state index in [9.17, 15) is 25.3 Å². The number of ether oxygens (including phenoxy) is 1. The van der Waals surface area contributed by atoms with Crippen LogP contribution in [0.25, 0.3) is 5.76 Å². The summed E-state index contributed by atoms with van der Waals surface area (Å²) in [5.41, 5.74) is -1.31. The van der Waals surface area contributed by atoms with Crippen molar-refractivity contribution in [3.8, 4) is 17.6 Å². The lowest BCUT2D eigenvalue weighted by Gasteiger charge is -2.16. The number of ketones is 1. The lowest BCUT2D eigenvalue weighted by atomic mass is 9.85. The molecular formula is C21H20N2O5. The van der Waals surface area contributed by atoms with Crippen LogP contribution in [0.4, 0.5) is 5.69 Å². The molecule has 0 aliphatic carbocycles. The molecule has 0 spiro atoms. The zero-order valence-corrected chi connectivity index (χ0v) is 16.0. The molecule has 2 aromatic rings. The van der Waals surface area contributed by atoms with E-state index in [1.165, 1.54) is 12.1 Å². The maximum Gasteiger partial charge on any atom is 0.284 e. The fourth-order valence-electron chi connectivity index (χ4n) is 2.45. The summed E-state index contributed by atoms with van der Waals surface area (Å²) < 4.78 is 5.69. The molecule has 2 aromatic carbocycles. The number of aliphatic hydroxyl groups is 1. The Kier molecular flexibility index (Phi) is 5.84. The Bertz CT molecular complexity index is 1010. The summed E-state index contributed by atoms with van der Waals surface area (Å²) in [6, 6.07) is 12.7. The van der Waals surface area contributed by atoms with Crippen LogP contribution in [0.5, 0.6) is 11.5 Å². The van der Waals surface area contributed by atoms with Crippen molar-refractivity contribution in [2.24, 2.45) is 5.41 Å². The molecule has 1 N–H and O–H groups in total. The molecule has 28 heavy (non-hydrogen) atoms. The molecule has 144 valence electrons. The van der Waals surface area contributed by atoms with Crippen LogP contribution in [-0.4, -0.2) is 15.8 Å². The number of hydrogen-bond acceptors (Lipinski definition) is 6. The molecule has 0 bridgehead atoms. The molecule has 0 saturated carbocycles. The average Bonchev–Trinajstić information content (AvgIpc) is 2.63. The highest BCUT2D eigenvalue weighted by Crippen LogP contribution is 2.34. The number of nitro benzene ring substituents is 1. The number of hydrogen-bond donors (Lipinski definition) is 1. The Labute approximate surface area is 162 Å². The Morgan fingerprint density at radius 1 is 1.21 bits per heavy atom. The van der Waals surface area contributed by atoms with E-state index in [1.54, 1.807) is 39.0 Å². The lowest BCUT2D eigenvalue weighted by molar-refractivity contribution is -0.385. The van der Waals surface area contributed by atoms with Crippen LogP contribution < -0.4 is 4.74 Å². The third-order valence-corrected chi connectivity index (χ3v) is 4.00. The molecule has 2 rings (SSSR count). The lowest BCUT2D eigenvalue weighted by Crippen LogP contribution is -2.22. The van der Waals surface area contributed by atoms with Gasteiger partial charge in [0.1, 0.15) is 23.1 Å². The van der Waals surface area contributed by atoms with Crippen molar-refractivity contribution in [3.63, 3.8) is 0 Å². The predicted molar refractivity (Wildman–Crippen MR) is 104 cm³/mol. The molecule has 0 fully saturated rings. The van der Waals surface area contributed by atoms with Crippen LogP contribution in [0.2, 0.25) is 0 Å². The number of nitriles is 1. The zero-order chi connectivity index (χ0) is 21.1. The van der Waals surface area contributed by atoms with E-state index in [0.717, 1.165) is 11.6 Å². The first-order valence-corrected chi connectivity index (χ1v) is 8.46. The predicted octanol–water partition coefficient (Wildman–Crippen LogP) is 5.10. The van der Waals surface area contributed by atoms with Gasteiger partial charge in [0.05, 0.1) is 16.6 Å². The second-order valence-corrected chi connectivity index (χ2v) is 7.22. The zero-order valence-electron chi connectivity index (χ0n) is 16.0. The second kappa shape index (κ2) is 7.92. The number of aliphatic hydroxyl groups excluding tert-OH is 1. The summed E-state index contributed by atoms with van der Waals surface area (Å²) in [7, 11) is 0. The molecule has 7 nitrogen and oxygen atoms in total. The van der Waals surface area contributed by atoms with E-state index in [-0.39, 0.29) is 11.3 Å². The first-order valence-electron chi connectivity index (χ1n) is 8.46. The number of rotatable bonds is 5. The van der Waals surface area contributed by atoms with Gasteiger partial charge in [-0.3, -0.25) is 14.9 Å². The number of allylic oxidation sites excluding steroid dienone is 1. The summed E-state index contributed by atoms with van der Waals surface area (Å²) in [5, 5.41) is 31.3. The van der Waals surface area contributed by atoms with Crippen molar-refractivity contribution < 1.29 is 19.6 Å².